The Bertz CT molecular complexity index is 307. The summed E-state index contributed by atoms with van der Waals surface area (Å²) in [6, 6.07) is 0.385. The standard InChI is InChI=1S/C16H33N3O2/c1-13(2)10-14(19(3)4)11-18-15(20)16(12-21-5)6-8-17-9-7-16/h13-14,17H,6-12H2,1-5H3,(H,18,20). The second-order valence-electron chi connectivity index (χ2n) is 6.92. The van der Waals surface area contributed by atoms with E-state index in [0.717, 1.165) is 32.4 Å². The number of ether oxygens (including phenoxy) is 1. The smallest absolute Gasteiger partial charge is 0.228 e. The monoisotopic (exact) mass is 299 g/mol. The van der Waals surface area contributed by atoms with Gasteiger partial charge in [-0.15, -0.1) is 0 Å². The minimum Gasteiger partial charge on any atom is -0.384 e. The van der Waals surface area contributed by atoms with Gasteiger partial charge in [-0.3, -0.25) is 4.79 Å². The average Bonchev–Trinajstić information content (AvgIpc) is 2.43. The van der Waals surface area contributed by atoms with E-state index in [1.165, 1.54) is 0 Å². The molecular weight excluding hydrogens is 266 g/mol. The van der Waals surface area contributed by atoms with E-state index in [-0.39, 0.29) is 11.3 Å². The van der Waals surface area contributed by atoms with Crippen LogP contribution < -0.4 is 10.6 Å². The highest BCUT2D eigenvalue weighted by atomic mass is 16.5. The maximum absolute atomic E-state index is 12.7. The van der Waals surface area contributed by atoms with Crippen molar-refractivity contribution in [3.05, 3.63) is 0 Å². The minimum absolute atomic E-state index is 0.154. The number of hydrogen-bond donors (Lipinski definition) is 2. The van der Waals surface area contributed by atoms with Crippen LogP contribution in [0.3, 0.4) is 0 Å². The molecule has 5 heteroatoms. The molecule has 1 aliphatic rings. The molecule has 0 bridgehead atoms. The molecule has 1 aliphatic heterocycles. The average molecular weight is 299 g/mol. The number of likely N-dealkylation sites (N-methyl/N-ethyl adjacent to an activating group) is 1. The molecule has 1 unspecified atom stereocenters. The second-order valence-corrected chi connectivity index (χ2v) is 6.92. The first-order valence-corrected chi connectivity index (χ1v) is 8.05. The number of amides is 1. The van der Waals surface area contributed by atoms with Gasteiger partial charge in [0.25, 0.3) is 0 Å². The van der Waals surface area contributed by atoms with E-state index >= 15 is 0 Å². The molecule has 5 nitrogen and oxygen atoms in total. The van der Waals surface area contributed by atoms with Gasteiger partial charge in [0, 0.05) is 19.7 Å². The third-order valence-corrected chi connectivity index (χ3v) is 4.43. The molecule has 1 heterocycles. The topological polar surface area (TPSA) is 53.6 Å². The van der Waals surface area contributed by atoms with Crippen LogP contribution >= 0.6 is 0 Å². The van der Waals surface area contributed by atoms with Crippen molar-refractivity contribution in [3.63, 3.8) is 0 Å². The molecule has 0 aromatic rings. The van der Waals surface area contributed by atoms with Gasteiger partial charge in [-0.25, -0.2) is 0 Å². The van der Waals surface area contributed by atoms with Crippen LogP contribution in [0.25, 0.3) is 0 Å². The van der Waals surface area contributed by atoms with Crippen molar-refractivity contribution in [1.82, 2.24) is 15.5 Å². The second kappa shape index (κ2) is 8.71. The van der Waals surface area contributed by atoms with Gasteiger partial charge in [-0.2, -0.15) is 0 Å². The van der Waals surface area contributed by atoms with Crippen molar-refractivity contribution in [1.29, 1.82) is 0 Å². The lowest BCUT2D eigenvalue weighted by atomic mass is 9.78. The number of hydrogen-bond acceptors (Lipinski definition) is 4. The fraction of sp³-hybridized carbons (Fsp3) is 0.938. The summed E-state index contributed by atoms with van der Waals surface area (Å²) in [5, 5.41) is 6.49. The largest absolute Gasteiger partial charge is 0.384 e. The van der Waals surface area contributed by atoms with Gasteiger partial charge in [0.2, 0.25) is 5.91 Å². The number of rotatable bonds is 8. The Morgan fingerprint density at radius 2 is 1.95 bits per heavy atom. The number of nitrogens with zero attached hydrogens (tertiary/aromatic N) is 1. The van der Waals surface area contributed by atoms with Crippen molar-refractivity contribution >= 4 is 5.91 Å². The molecule has 0 aliphatic carbocycles. The Morgan fingerprint density at radius 3 is 2.43 bits per heavy atom. The van der Waals surface area contributed by atoms with Crippen LogP contribution in [0.15, 0.2) is 0 Å². The van der Waals surface area contributed by atoms with Crippen LogP contribution in [0, 0.1) is 11.3 Å². The lowest BCUT2D eigenvalue weighted by Gasteiger charge is -2.36. The SMILES string of the molecule is COCC1(C(=O)NCC(CC(C)C)N(C)C)CCNCC1. The fourth-order valence-electron chi connectivity index (χ4n) is 3.04. The van der Waals surface area contributed by atoms with Crippen LogP contribution in [-0.2, 0) is 9.53 Å². The summed E-state index contributed by atoms with van der Waals surface area (Å²) in [6.45, 7) is 7.44. The van der Waals surface area contributed by atoms with Gasteiger partial charge >= 0.3 is 0 Å². The molecule has 0 aromatic heterocycles. The summed E-state index contributed by atoms with van der Waals surface area (Å²) < 4.78 is 5.33. The third-order valence-electron chi connectivity index (χ3n) is 4.43. The van der Waals surface area contributed by atoms with E-state index in [0.29, 0.717) is 25.1 Å². The van der Waals surface area contributed by atoms with Gasteiger partial charge in [-0.05, 0) is 52.4 Å². The number of piperidine rings is 1. The minimum atomic E-state index is -0.352. The molecule has 1 atom stereocenters. The molecule has 0 aromatic carbocycles. The Balaban J connectivity index is 2.59. The summed E-state index contributed by atoms with van der Waals surface area (Å²) in [5.41, 5.74) is -0.352. The number of methoxy groups -OCH3 is 1. The molecule has 1 saturated heterocycles. The highest BCUT2D eigenvalue weighted by Gasteiger charge is 2.39. The van der Waals surface area contributed by atoms with Crippen molar-refractivity contribution in [2.24, 2.45) is 11.3 Å². The maximum Gasteiger partial charge on any atom is 0.228 e. The molecule has 21 heavy (non-hydrogen) atoms. The van der Waals surface area contributed by atoms with Gasteiger partial charge in [0.15, 0.2) is 0 Å². The first kappa shape index (κ1) is 18.4. The van der Waals surface area contributed by atoms with Crippen molar-refractivity contribution in [3.8, 4) is 0 Å². The summed E-state index contributed by atoms with van der Waals surface area (Å²) >= 11 is 0. The normalized spacial score (nSPS) is 19.8. The zero-order chi connectivity index (χ0) is 15.9. The molecule has 1 rings (SSSR count). The number of carbonyl (C=O) groups excluding carboxylic acids is 1. The number of carbonyl (C=O) groups is 1. The van der Waals surface area contributed by atoms with Gasteiger partial charge in [-0.1, -0.05) is 13.8 Å². The van der Waals surface area contributed by atoms with Crippen molar-refractivity contribution in [2.75, 3.05) is 47.4 Å². The van der Waals surface area contributed by atoms with Crippen LogP contribution in [0.4, 0.5) is 0 Å². The number of nitrogens with one attached hydrogen (secondary N) is 2. The molecule has 1 fully saturated rings. The summed E-state index contributed by atoms with van der Waals surface area (Å²) in [7, 11) is 5.84. The van der Waals surface area contributed by atoms with E-state index in [9.17, 15) is 4.79 Å². The zero-order valence-electron chi connectivity index (χ0n) is 14.4. The molecule has 0 spiro atoms. The third kappa shape index (κ3) is 5.57. The molecule has 0 saturated carbocycles. The van der Waals surface area contributed by atoms with Gasteiger partial charge in [0.1, 0.15) is 0 Å². The molecule has 2 N–H and O–H groups in total. The van der Waals surface area contributed by atoms with E-state index in [4.69, 9.17) is 4.74 Å². The maximum atomic E-state index is 12.7. The Labute approximate surface area is 129 Å². The lowest BCUT2D eigenvalue weighted by Crippen LogP contribution is -2.52. The first-order chi connectivity index (χ1) is 9.91. The van der Waals surface area contributed by atoms with E-state index in [1.807, 2.05) is 0 Å². The molecule has 0 radical (unpaired) electrons. The lowest BCUT2D eigenvalue weighted by molar-refractivity contribution is -0.136. The van der Waals surface area contributed by atoms with Crippen molar-refractivity contribution in [2.45, 2.75) is 39.2 Å². The predicted molar refractivity (Wildman–Crippen MR) is 86.4 cm³/mol. The van der Waals surface area contributed by atoms with Crippen LogP contribution in [0.2, 0.25) is 0 Å². The predicted octanol–water partition coefficient (Wildman–Crippen LogP) is 1.10. The van der Waals surface area contributed by atoms with E-state index in [1.54, 1.807) is 7.11 Å². The van der Waals surface area contributed by atoms with E-state index in [2.05, 4.69) is 43.5 Å². The van der Waals surface area contributed by atoms with Crippen LogP contribution in [0.1, 0.15) is 33.1 Å². The highest BCUT2D eigenvalue weighted by molar-refractivity contribution is 5.83. The zero-order valence-corrected chi connectivity index (χ0v) is 14.4. The van der Waals surface area contributed by atoms with Crippen LogP contribution in [-0.4, -0.2) is 64.3 Å². The van der Waals surface area contributed by atoms with Gasteiger partial charge in [0.05, 0.1) is 12.0 Å². The fourth-order valence-corrected chi connectivity index (χ4v) is 3.04. The molecule has 1 amide bonds. The molecular formula is C16H33N3O2. The Hall–Kier alpha value is -0.650. The summed E-state index contributed by atoms with van der Waals surface area (Å²) in [4.78, 5) is 14.9. The van der Waals surface area contributed by atoms with Crippen LogP contribution in [0.5, 0.6) is 0 Å². The summed E-state index contributed by atoms with van der Waals surface area (Å²) in [6.07, 6.45) is 2.79. The Morgan fingerprint density at radius 1 is 1.33 bits per heavy atom. The van der Waals surface area contributed by atoms with Crippen molar-refractivity contribution < 1.29 is 9.53 Å². The van der Waals surface area contributed by atoms with Gasteiger partial charge < -0.3 is 20.3 Å². The molecule has 124 valence electrons. The first-order valence-electron chi connectivity index (χ1n) is 8.05. The summed E-state index contributed by atoms with van der Waals surface area (Å²) in [5.74, 6) is 0.780. The van der Waals surface area contributed by atoms with E-state index < -0.39 is 0 Å². The highest BCUT2D eigenvalue weighted by Crippen LogP contribution is 2.29. The quantitative estimate of drug-likeness (QED) is 0.705. The Kier molecular flexibility index (Phi) is 7.63.